The van der Waals surface area contributed by atoms with Gasteiger partial charge in [0.05, 0.1) is 5.02 Å². The van der Waals surface area contributed by atoms with E-state index in [4.69, 9.17) is 16.6 Å². The van der Waals surface area contributed by atoms with Gasteiger partial charge in [0, 0.05) is 37.1 Å². The number of rotatable bonds is 6. The maximum atomic E-state index is 13.4. The van der Waals surface area contributed by atoms with Crippen LogP contribution in [0, 0.1) is 5.92 Å². The quantitative estimate of drug-likeness (QED) is 0.252. The summed E-state index contributed by atoms with van der Waals surface area (Å²) in [6.45, 7) is 1.93. The third kappa shape index (κ3) is 4.86. The molecule has 5 rings (SSSR count). The van der Waals surface area contributed by atoms with E-state index in [2.05, 4.69) is 35.2 Å². The van der Waals surface area contributed by atoms with Crippen molar-refractivity contribution in [1.82, 2.24) is 14.3 Å². The van der Waals surface area contributed by atoms with Gasteiger partial charge in [0.1, 0.15) is 17.0 Å². The lowest BCUT2D eigenvalue weighted by Crippen LogP contribution is -2.30. The monoisotopic (exact) mass is 455 g/mol. The van der Waals surface area contributed by atoms with E-state index >= 15 is 0 Å². The lowest BCUT2D eigenvalue weighted by atomic mass is 9.90. The molecule has 0 radical (unpaired) electrons. The van der Waals surface area contributed by atoms with E-state index in [0.717, 1.165) is 37.9 Å². The van der Waals surface area contributed by atoms with Crippen LogP contribution >= 0.6 is 11.6 Å². The van der Waals surface area contributed by atoms with Gasteiger partial charge in [0.2, 0.25) is 5.78 Å². The Kier molecular flexibility index (Phi) is 6.27. The largest absolute Gasteiger partial charge is 0.377 e. The predicted molar refractivity (Wildman–Crippen MR) is 134 cm³/mol. The van der Waals surface area contributed by atoms with E-state index < -0.39 is 0 Å². The standard InChI is InChI=1S/C28H26ClN3O/c29-24-11-12-26-30-27(23-9-5-2-6-10-23)28(32(26)20-24)25(33)15-18-31-16-13-22(14-17-31)19-21-7-3-1-4-8-21/h1-12,15,18,20,22H,13-14,16-17,19H2/b18-15+. The number of fused-ring (bicyclic) bond motifs is 1. The molecule has 0 N–H and O–H groups in total. The van der Waals surface area contributed by atoms with Gasteiger partial charge in [-0.25, -0.2) is 4.98 Å². The highest BCUT2D eigenvalue weighted by Crippen LogP contribution is 2.27. The summed E-state index contributed by atoms with van der Waals surface area (Å²) in [7, 11) is 0. The summed E-state index contributed by atoms with van der Waals surface area (Å²) >= 11 is 6.23. The number of pyridine rings is 1. The highest BCUT2D eigenvalue weighted by atomic mass is 35.5. The number of piperidine rings is 1. The molecule has 4 nitrogen and oxygen atoms in total. The molecule has 0 aliphatic carbocycles. The number of hydrogen-bond acceptors (Lipinski definition) is 3. The van der Waals surface area contributed by atoms with Crippen LogP contribution in [-0.4, -0.2) is 33.2 Å². The predicted octanol–water partition coefficient (Wildman–Crippen LogP) is 6.31. The summed E-state index contributed by atoms with van der Waals surface area (Å²) in [6, 6.07) is 24.1. The minimum atomic E-state index is -0.0740. The Morgan fingerprint density at radius 2 is 1.67 bits per heavy atom. The van der Waals surface area contributed by atoms with Crippen LogP contribution in [-0.2, 0) is 6.42 Å². The summed E-state index contributed by atoms with van der Waals surface area (Å²) < 4.78 is 1.80. The summed E-state index contributed by atoms with van der Waals surface area (Å²) in [5.74, 6) is 0.619. The highest BCUT2D eigenvalue weighted by Gasteiger charge is 2.21. The summed E-state index contributed by atoms with van der Waals surface area (Å²) in [4.78, 5) is 20.3. The Balaban J connectivity index is 1.33. The molecule has 0 saturated carbocycles. The number of nitrogens with zero attached hydrogens (tertiary/aromatic N) is 3. The second-order valence-electron chi connectivity index (χ2n) is 8.60. The normalized spacial score (nSPS) is 14.9. The first-order valence-electron chi connectivity index (χ1n) is 11.4. The Labute approximate surface area is 199 Å². The zero-order valence-corrected chi connectivity index (χ0v) is 19.2. The third-order valence-electron chi connectivity index (χ3n) is 6.32. The van der Waals surface area contributed by atoms with Crippen LogP contribution in [0.1, 0.15) is 28.9 Å². The molecule has 0 unspecified atom stereocenters. The van der Waals surface area contributed by atoms with Gasteiger partial charge in [-0.3, -0.25) is 9.20 Å². The summed E-state index contributed by atoms with van der Waals surface area (Å²) in [5.41, 5.74) is 4.23. The molecule has 33 heavy (non-hydrogen) atoms. The second-order valence-corrected chi connectivity index (χ2v) is 9.04. The number of halogens is 1. The van der Waals surface area contributed by atoms with Crippen molar-refractivity contribution in [2.75, 3.05) is 13.1 Å². The molecule has 2 aromatic heterocycles. The van der Waals surface area contributed by atoms with Gasteiger partial charge < -0.3 is 4.90 Å². The highest BCUT2D eigenvalue weighted by molar-refractivity contribution is 6.30. The second kappa shape index (κ2) is 9.63. The van der Waals surface area contributed by atoms with Crippen molar-refractivity contribution in [3.63, 3.8) is 0 Å². The molecule has 1 aliphatic heterocycles. The fraction of sp³-hybridized carbons (Fsp3) is 0.214. The van der Waals surface area contributed by atoms with Gasteiger partial charge in [-0.1, -0.05) is 72.3 Å². The number of allylic oxidation sites excluding steroid dienone is 1. The molecule has 0 spiro atoms. The first-order chi connectivity index (χ1) is 16.2. The first-order valence-corrected chi connectivity index (χ1v) is 11.8. The number of benzene rings is 2. The van der Waals surface area contributed by atoms with Gasteiger partial charge >= 0.3 is 0 Å². The molecule has 5 heteroatoms. The fourth-order valence-electron chi connectivity index (χ4n) is 4.56. The van der Waals surface area contributed by atoms with Crippen molar-refractivity contribution in [3.8, 4) is 11.3 Å². The van der Waals surface area contributed by atoms with E-state index in [1.54, 1.807) is 22.7 Å². The lowest BCUT2D eigenvalue weighted by molar-refractivity contribution is 0.104. The van der Waals surface area contributed by atoms with Crippen LogP contribution in [0.3, 0.4) is 0 Å². The SMILES string of the molecule is O=C(/C=C/N1CCC(Cc2ccccc2)CC1)c1c(-c2ccccc2)nc2ccc(Cl)cn12. The van der Waals surface area contributed by atoms with E-state index in [1.165, 1.54) is 5.56 Å². The molecule has 0 atom stereocenters. The molecule has 2 aromatic carbocycles. The maximum Gasteiger partial charge on any atom is 0.206 e. The molecule has 0 bridgehead atoms. The van der Waals surface area contributed by atoms with E-state index in [0.29, 0.717) is 28.0 Å². The van der Waals surface area contributed by atoms with Crippen LogP contribution in [0.25, 0.3) is 16.9 Å². The minimum absolute atomic E-state index is 0.0740. The van der Waals surface area contributed by atoms with Gasteiger partial charge in [0.25, 0.3) is 0 Å². The zero-order valence-electron chi connectivity index (χ0n) is 18.4. The molecular formula is C28H26ClN3O. The molecule has 3 heterocycles. The number of carbonyl (C=O) groups excluding carboxylic acids is 1. The molecule has 1 fully saturated rings. The van der Waals surface area contributed by atoms with Crippen LogP contribution in [0.5, 0.6) is 0 Å². The number of aromatic nitrogens is 2. The first kappa shape index (κ1) is 21.5. The van der Waals surface area contributed by atoms with Gasteiger partial charge in [-0.2, -0.15) is 0 Å². The fourth-order valence-corrected chi connectivity index (χ4v) is 4.72. The third-order valence-corrected chi connectivity index (χ3v) is 6.54. The zero-order chi connectivity index (χ0) is 22.6. The van der Waals surface area contributed by atoms with Crippen LogP contribution in [0.2, 0.25) is 5.02 Å². The topological polar surface area (TPSA) is 37.6 Å². The molecule has 4 aromatic rings. The van der Waals surface area contributed by atoms with Crippen molar-refractivity contribution < 1.29 is 4.79 Å². The van der Waals surface area contributed by atoms with Crippen molar-refractivity contribution >= 4 is 23.0 Å². The Bertz CT molecular complexity index is 1270. The maximum absolute atomic E-state index is 13.4. The summed E-state index contributed by atoms with van der Waals surface area (Å²) in [6.07, 6.45) is 8.77. The van der Waals surface area contributed by atoms with Crippen LogP contribution < -0.4 is 0 Å². The smallest absolute Gasteiger partial charge is 0.206 e. The van der Waals surface area contributed by atoms with Crippen molar-refractivity contribution in [3.05, 3.63) is 108 Å². The Hall–Kier alpha value is -3.37. The number of ketones is 1. The number of imidazole rings is 1. The molecule has 166 valence electrons. The molecular weight excluding hydrogens is 430 g/mol. The molecule has 1 saturated heterocycles. The average Bonchev–Trinajstić information content (AvgIpc) is 3.23. The van der Waals surface area contributed by atoms with Crippen molar-refractivity contribution in [2.24, 2.45) is 5.92 Å². The Morgan fingerprint density at radius 1 is 0.970 bits per heavy atom. The van der Waals surface area contributed by atoms with Crippen molar-refractivity contribution in [1.29, 1.82) is 0 Å². The average molecular weight is 456 g/mol. The number of hydrogen-bond donors (Lipinski definition) is 0. The van der Waals surface area contributed by atoms with Crippen molar-refractivity contribution in [2.45, 2.75) is 19.3 Å². The number of carbonyl (C=O) groups is 1. The van der Waals surface area contributed by atoms with Gasteiger partial charge in [0.15, 0.2) is 0 Å². The van der Waals surface area contributed by atoms with E-state index in [-0.39, 0.29) is 5.78 Å². The molecule has 0 amide bonds. The Morgan fingerprint density at radius 3 is 2.39 bits per heavy atom. The lowest BCUT2D eigenvalue weighted by Gasteiger charge is -2.31. The van der Waals surface area contributed by atoms with Crippen LogP contribution in [0.15, 0.2) is 91.3 Å². The van der Waals surface area contributed by atoms with Gasteiger partial charge in [-0.05, 0) is 42.9 Å². The van der Waals surface area contributed by atoms with Crippen LogP contribution in [0.4, 0.5) is 0 Å². The van der Waals surface area contributed by atoms with E-state index in [1.807, 2.05) is 42.6 Å². The summed E-state index contributed by atoms with van der Waals surface area (Å²) in [5, 5.41) is 0.568. The number of likely N-dealkylation sites (tertiary alicyclic amines) is 1. The van der Waals surface area contributed by atoms with E-state index in [9.17, 15) is 4.79 Å². The van der Waals surface area contributed by atoms with Gasteiger partial charge in [-0.15, -0.1) is 0 Å². The minimum Gasteiger partial charge on any atom is -0.377 e. The molecule has 1 aliphatic rings.